The van der Waals surface area contributed by atoms with Crippen molar-refractivity contribution in [3.05, 3.63) is 64.6 Å². The van der Waals surface area contributed by atoms with E-state index in [4.69, 9.17) is 0 Å². The summed E-state index contributed by atoms with van der Waals surface area (Å²) >= 11 is 0. The third-order valence-electron chi connectivity index (χ3n) is 7.29. The number of likely N-dealkylation sites (N-methyl/N-ethyl adjacent to an activating group) is 1. The fraction of sp³-hybridized carbons (Fsp3) is 0.464. The van der Waals surface area contributed by atoms with Crippen LogP contribution in [0, 0.1) is 23.2 Å². The summed E-state index contributed by atoms with van der Waals surface area (Å²) in [4.78, 5) is 17.9. The highest BCUT2D eigenvalue weighted by molar-refractivity contribution is 6.01. The number of nitrogens with zero attached hydrogens (tertiary/aromatic N) is 2. The molecule has 1 aromatic carbocycles. The number of para-hydroxylation sites is 1. The van der Waals surface area contributed by atoms with Gasteiger partial charge in [-0.3, -0.25) is 4.79 Å². The highest BCUT2D eigenvalue weighted by Crippen LogP contribution is 2.50. The SMILES string of the molecule is CCN1C2=C(CC#CC(C)C2)C(C)(C)/C1=C\C(=O)/C=C1/N(C)c2ccccc2C1(C)C. The summed E-state index contributed by atoms with van der Waals surface area (Å²) in [5.74, 6) is 7.13. The maximum atomic E-state index is 13.4. The lowest BCUT2D eigenvalue weighted by atomic mass is 9.80. The summed E-state index contributed by atoms with van der Waals surface area (Å²) in [7, 11) is 2.06. The number of fused-ring (bicyclic) bond motifs is 1. The molecule has 2 heterocycles. The van der Waals surface area contributed by atoms with Gasteiger partial charge in [-0.2, -0.15) is 0 Å². The van der Waals surface area contributed by atoms with Crippen molar-refractivity contribution in [2.24, 2.45) is 11.3 Å². The molecule has 3 heteroatoms. The molecule has 1 unspecified atom stereocenters. The van der Waals surface area contributed by atoms with Crippen LogP contribution in [0.25, 0.3) is 0 Å². The highest BCUT2D eigenvalue weighted by atomic mass is 16.1. The standard InChI is InChI=1S/C28H34N2O/c1-8-30-24-16-19(2)12-11-14-22(24)28(5,6)26(30)18-20(31)17-25-27(3,4)21-13-9-10-15-23(21)29(25)7/h9-10,13,15,17-19H,8,14,16H2,1-7H3/b25-17+,26-18+. The Morgan fingerprint density at radius 1 is 1.13 bits per heavy atom. The quantitative estimate of drug-likeness (QED) is 0.461. The van der Waals surface area contributed by atoms with Crippen LogP contribution in [0.2, 0.25) is 0 Å². The van der Waals surface area contributed by atoms with Crippen LogP contribution in [0.4, 0.5) is 5.69 Å². The zero-order valence-corrected chi connectivity index (χ0v) is 20.0. The Bertz CT molecular complexity index is 1090. The third kappa shape index (κ3) is 3.33. The third-order valence-corrected chi connectivity index (χ3v) is 7.29. The number of allylic oxidation sites excluding steroid dienone is 5. The summed E-state index contributed by atoms with van der Waals surface area (Å²) in [6, 6.07) is 8.42. The van der Waals surface area contributed by atoms with E-state index in [1.165, 1.54) is 22.5 Å². The number of rotatable bonds is 3. The van der Waals surface area contributed by atoms with Gasteiger partial charge in [-0.05, 0) is 24.1 Å². The van der Waals surface area contributed by atoms with E-state index in [9.17, 15) is 4.79 Å². The van der Waals surface area contributed by atoms with Crippen LogP contribution in [-0.2, 0) is 10.2 Å². The summed E-state index contributed by atoms with van der Waals surface area (Å²) < 4.78 is 0. The topological polar surface area (TPSA) is 23.6 Å². The lowest BCUT2D eigenvalue weighted by molar-refractivity contribution is -0.110. The van der Waals surface area contributed by atoms with Crippen molar-refractivity contribution in [1.29, 1.82) is 0 Å². The summed E-state index contributed by atoms with van der Waals surface area (Å²) in [5, 5.41) is 0. The van der Waals surface area contributed by atoms with E-state index in [0.717, 1.165) is 30.8 Å². The molecule has 0 aromatic heterocycles. The molecule has 31 heavy (non-hydrogen) atoms. The van der Waals surface area contributed by atoms with Crippen LogP contribution >= 0.6 is 0 Å². The van der Waals surface area contributed by atoms with Crippen molar-refractivity contribution in [2.45, 2.75) is 59.8 Å². The second-order valence-electron chi connectivity index (χ2n) is 10.1. The van der Waals surface area contributed by atoms with Gasteiger partial charge in [-0.1, -0.05) is 64.7 Å². The van der Waals surface area contributed by atoms with Crippen LogP contribution in [0.1, 0.15) is 59.9 Å². The monoisotopic (exact) mass is 414 g/mol. The molecule has 1 aliphatic carbocycles. The molecule has 0 saturated carbocycles. The van der Waals surface area contributed by atoms with Gasteiger partial charge in [0.05, 0.1) is 0 Å². The van der Waals surface area contributed by atoms with Crippen molar-refractivity contribution in [2.75, 3.05) is 18.5 Å². The van der Waals surface area contributed by atoms with Gasteiger partial charge in [0.25, 0.3) is 0 Å². The average Bonchev–Trinajstić information content (AvgIpc) is 2.92. The minimum Gasteiger partial charge on any atom is -0.348 e. The van der Waals surface area contributed by atoms with Crippen LogP contribution < -0.4 is 4.90 Å². The number of hydrogen-bond donors (Lipinski definition) is 0. The van der Waals surface area contributed by atoms with Gasteiger partial charge in [-0.25, -0.2) is 0 Å². The Morgan fingerprint density at radius 3 is 2.48 bits per heavy atom. The Labute approximate surface area is 187 Å². The van der Waals surface area contributed by atoms with E-state index >= 15 is 0 Å². The van der Waals surface area contributed by atoms with Crippen LogP contribution in [0.15, 0.2) is 59.1 Å². The highest BCUT2D eigenvalue weighted by Gasteiger charge is 2.42. The van der Waals surface area contributed by atoms with Crippen molar-refractivity contribution >= 4 is 11.5 Å². The normalized spacial score (nSPS) is 26.0. The fourth-order valence-corrected chi connectivity index (χ4v) is 5.56. The first-order valence-corrected chi connectivity index (χ1v) is 11.4. The van der Waals surface area contributed by atoms with E-state index < -0.39 is 0 Å². The summed E-state index contributed by atoms with van der Waals surface area (Å²) in [6.07, 6.45) is 5.46. The molecule has 1 aromatic rings. The number of benzene rings is 1. The van der Waals surface area contributed by atoms with Gasteiger partial charge in [0, 0.05) is 78.1 Å². The molecule has 0 fully saturated rings. The molecular formula is C28H34N2O. The molecule has 0 bridgehead atoms. The number of carbonyl (C=O) groups excluding carboxylic acids is 1. The van der Waals surface area contributed by atoms with Gasteiger partial charge >= 0.3 is 0 Å². The molecule has 2 aliphatic heterocycles. The van der Waals surface area contributed by atoms with Gasteiger partial charge in [0.2, 0.25) is 0 Å². The average molecular weight is 415 g/mol. The summed E-state index contributed by atoms with van der Waals surface area (Å²) in [5.41, 5.74) is 6.95. The van der Waals surface area contributed by atoms with Gasteiger partial charge in [0.1, 0.15) is 0 Å². The number of ketones is 1. The minimum atomic E-state index is -0.199. The smallest absolute Gasteiger partial charge is 0.182 e. The van der Waals surface area contributed by atoms with Crippen LogP contribution in [0.5, 0.6) is 0 Å². The molecule has 0 radical (unpaired) electrons. The van der Waals surface area contributed by atoms with E-state index in [2.05, 4.69) is 94.5 Å². The first-order chi connectivity index (χ1) is 14.6. The number of anilines is 1. The Morgan fingerprint density at radius 2 is 1.81 bits per heavy atom. The van der Waals surface area contributed by atoms with Crippen LogP contribution in [-0.4, -0.2) is 24.3 Å². The predicted molar refractivity (Wildman–Crippen MR) is 128 cm³/mol. The number of hydrogen-bond acceptors (Lipinski definition) is 3. The zero-order valence-electron chi connectivity index (χ0n) is 20.0. The van der Waals surface area contributed by atoms with Gasteiger partial charge in [0.15, 0.2) is 5.78 Å². The van der Waals surface area contributed by atoms with Crippen LogP contribution in [0.3, 0.4) is 0 Å². The van der Waals surface area contributed by atoms with E-state index in [-0.39, 0.29) is 16.6 Å². The van der Waals surface area contributed by atoms with Crippen molar-refractivity contribution in [3.63, 3.8) is 0 Å². The van der Waals surface area contributed by atoms with Crippen molar-refractivity contribution in [1.82, 2.24) is 4.90 Å². The molecule has 162 valence electrons. The maximum Gasteiger partial charge on any atom is 0.182 e. The molecule has 1 atom stereocenters. The largest absolute Gasteiger partial charge is 0.348 e. The Kier molecular flexibility index (Phi) is 5.16. The maximum absolute atomic E-state index is 13.4. The molecule has 0 amide bonds. The predicted octanol–water partition coefficient (Wildman–Crippen LogP) is 5.80. The fourth-order valence-electron chi connectivity index (χ4n) is 5.56. The second-order valence-corrected chi connectivity index (χ2v) is 10.1. The van der Waals surface area contributed by atoms with Gasteiger partial charge < -0.3 is 9.80 Å². The molecule has 0 spiro atoms. The summed E-state index contributed by atoms with van der Waals surface area (Å²) in [6.45, 7) is 14.1. The molecule has 3 nitrogen and oxygen atoms in total. The van der Waals surface area contributed by atoms with Crippen molar-refractivity contribution in [3.8, 4) is 11.8 Å². The first-order valence-electron chi connectivity index (χ1n) is 11.4. The molecule has 4 rings (SSSR count). The van der Waals surface area contributed by atoms with E-state index in [0.29, 0.717) is 5.92 Å². The molecule has 0 saturated heterocycles. The lowest BCUT2D eigenvalue weighted by Crippen LogP contribution is -2.26. The number of carbonyl (C=O) groups is 1. The van der Waals surface area contributed by atoms with Gasteiger partial charge in [-0.15, -0.1) is 0 Å². The lowest BCUT2D eigenvalue weighted by Gasteiger charge is -2.29. The van der Waals surface area contributed by atoms with E-state index in [1.807, 2.05) is 12.2 Å². The molecular weight excluding hydrogens is 380 g/mol. The minimum absolute atomic E-state index is 0.0565. The second kappa shape index (κ2) is 7.45. The van der Waals surface area contributed by atoms with E-state index in [1.54, 1.807) is 0 Å². The molecule has 0 N–H and O–H groups in total. The first kappa shape index (κ1) is 21.5. The van der Waals surface area contributed by atoms with Crippen molar-refractivity contribution < 1.29 is 4.79 Å². The Hall–Kier alpha value is -2.73. The molecule has 3 aliphatic rings. The Balaban J connectivity index is 1.71. The zero-order chi connectivity index (χ0) is 22.6.